The minimum absolute atomic E-state index is 0. The summed E-state index contributed by atoms with van der Waals surface area (Å²) in [6.45, 7) is 3.54. The van der Waals surface area contributed by atoms with Gasteiger partial charge in [0.15, 0.2) is 12.4 Å². The van der Waals surface area contributed by atoms with Gasteiger partial charge in [0.1, 0.15) is 5.75 Å². The van der Waals surface area contributed by atoms with E-state index in [9.17, 15) is 9.59 Å². The van der Waals surface area contributed by atoms with Crippen LogP contribution in [0.25, 0.3) is 0 Å². The lowest BCUT2D eigenvalue weighted by molar-refractivity contribution is -0.145. The van der Waals surface area contributed by atoms with Crippen LogP contribution in [0, 0.1) is 0 Å². The Hall–Kier alpha value is -1.59. The Morgan fingerprint density at radius 3 is 2.32 bits per heavy atom. The molecule has 0 aliphatic heterocycles. The number of carbonyl (C=O) groups excluding carboxylic acids is 2. The monoisotopic (exact) mass is 287 g/mol. The first-order valence-corrected chi connectivity index (χ1v) is 5.73. The lowest BCUT2D eigenvalue weighted by Crippen LogP contribution is -2.26. The van der Waals surface area contributed by atoms with Crippen LogP contribution in [-0.2, 0) is 9.53 Å². The molecule has 0 aliphatic carbocycles. The van der Waals surface area contributed by atoms with E-state index in [0.717, 1.165) is 0 Å². The van der Waals surface area contributed by atoms with Gasteiger partial charge in [-0.3, -0.25) is 4.79 Å². The van der Waals surface area contributed by atoms with Crippen molar-refractivity contribution >= 4 is 24.2 Å². The highest BCUT2D eigenvalue weighted by molar-refractivity contribution is 5.99. The summed E-state index contributed by atoms with van der Waals surface area (Å²) in [7, 11) is 0. The number of hydrogen-bond acceptors (Lipinski definition) is 5. The molecule has 0 saturated heterocycles. The molecular weight excluding hydrogens is 270 g/mol. The summed E-state index contributed by atoms with van der Waals surface area (Å²) in [6, 6.07) is 5.94. The third-order valence-electron chi connectivity index (χ3n) is 2.21. The summed E-state index contributed by atoms with van der Waals surface area (Å²) in [4.78, 5) is 22.6. The van der Waals surface area contributed by atoms with Gasteiger partial charge in [-0.25, -0.2) is 4.79 Å². The average molecular weight is 288 g/mol. The number of esters is 1. The summed E-state index contributed by atoms with van der Waals surface area (Å²) in [5, 5.41) is 0. The van der Waals surface area contributed by atoms with Crippen molar-refractivity contribution in [1.82, 2.24) is 0 Å². The number of ketones is 1. The average Bonchev–Trinajstić information content (AvgIpc) is 2.36. The van der Waals surface area contributed by atoms with Crippen LogP contribution < -0.4 is 10.5 Å². The fraction of sp³-hybridized carbons (Fsp3) is 0.385. The van der Waals surface area contributed by atoms with Gasteiger partial charge in [-0.1, -0.05) is 0 Å². The van der Waals surface area contributed by atoms with Crippen LogP contribution in [0.15, 0.2) is 24.3 Å². The van der Waals surface area contributed by atoms with Gasteiger partial charge in [-0.05, 0) is 38.1 Å². The molecule has 0 radical (unpaired) electrons. The van der Waals surface area contributed by atoms with Crippen LogP contribution in [0.1, 0.15) is 24.2 Å². The number of hydrogen-bond donors (Lipinski definition) is 1. The van der Waals surface area contributed by atoms with E-state index in [1.165, 1.54) is 0 Å². The Bertz CT molecular complexity index is 417. The topological polar surface area (TPSA) is 78.6 Å². The first-order valence-electron chi connectivity index (χ1n) is 5.73. The second kappa shape index (κ2) is 8.50. The summed E-state index contributed by atoms with van der Waals surface area (Å²) in [5.41, 5.74) is 6.02. The van der Waals surface area contributed by atoms with E-state index < -0.39 is 12.0 Å². The zero-order valence-corrected chi connectivity index (χ0v) is 11.7. The Morgan fingerprint density at radius 1 is 1.26 bits per heavy atom. The van der Waals surface area contributed by atoms with Gasteiger partial charge < -0.3 is 15.2 Å². The Morgan fingerprint density at radius 2 is 1.84 bits per heavy atom. The molecule has 0 spiro atoms. The predicted octanol–water partition coefficient (Wildman–Crippen LogP) is 1.58. The molecule has 1 unspecified atom stereocenters. The van der Waals surface area contributed by atoms with E-state index in [1.54, 1.807) is 38.1 Å². The number of rotatable bonds is 6. The maximum Gasteiger partial charge on any atom is 0.344 e. The van der Waals surface area contributed by atoms with E-state index in [-0.39, 0.29) is 24.8 Å². The maximum absolute atomic E-state index is 11.6. The van der Waals surface area contributed by atoms with E-state index in [1.807, 2.05) is 0 Å². The molecule has 0 bridgehead atoms. The van der Waals surface area contributed by atoms with Crippen molar-refractivity contribution in [2.24, 2.45) is 5.73 Å². The number of nitrogens with two attached hydrogens (primary N) is 1. The highest BCUT2D eigenvalue weighted by atomic mass is 35.5. The third kappa shape index (κ3) is 5.72. The van der Waals surface area contributed by atoms with Gasteiger partial charge >= 0.3 is 5.97 Å². The van der Waals surface area contributed by atoms with Gasteiger partial charge in [-0.2, -0.15) is 0 Å². The van der Waals surface area contributed by atoms with Crippen LogP contribution in [-0.4, -0.2) is 31.0 Å². The molecule has 6 heteroatoms. The normalized spacial score (nSPS) is 11.1. The van der Waals surface area contributed by atoms with Gasteiger partial charge in [0.25, 0.3) is 0 Å². The second-order valence-electron chi connectivity index (χ2n) is 3.77. The van der Waals surface area contributed by atoms with Crippen LogP contribution in [0.4, 0.5) is 0 Å². The number of carbonyl (C=O) groups is 2. The van der Waals surface area contributed by atoms with Crippen LogP contribution in [0.2, 0.25) is 0 Å². The second-order valence-corrected chi connectivity index (χ2v) is 3.77. The largest absolute Gasteiger partial charge is 0.482 e. The van der Waals surface area contributed by atoms with E-state index in [2.05, 4.69) is 0 Å². The number of benzene rings is 1. The molecule has 1 atom stereocenters. The molecule has 2 N–H and O–H groups in total. The minimum Gasteiger partial charge on any atom is -0.482 e. The summed E-state index contributed by atoms with van der Waals surface area (Å²) < 4.78 is 9.92. The summed E-state index contributed by atoms with van der Waals surface area (Å²) in [6.07, 6.45) is 0. The molecule has 0 aliphatic rings. The Labute approximate surface area is 118 Å². The number of ether oxygens (including phenoxy) is 2. The van der Waals surface area contributed by atoms with E-state index in [4.69, 9.17) is 15.2 Å². The molecule has 19 heavy (non-hydrogen) atoms. The first kappa shape index (κ1) is 17.4. The number of halogens is 1. The fourth-order valence-electron chi connectivity index (χ4n) is 1.32. The first-order chi connectivity index (χ1) is 8.54. The maximum atomic E-state index is 11.6. The van der Waals surface area contributed by atoms with Crippen molar-refractivity contribution in [3.8, 4) is 5.75 Å². The van der Waals surface area contributed by atoms with Crippen LogP contribution >= 0.6 is 12.4 Å². The third-order valence-corrected chi connectivity index (χ3v) is 2.21. The van der Waals surface area contributed by atoms with Gasteiger partial charge in [0, 0.05) is 5.56 Å². The highest BCUT2D eigenvalue weighted by Crippen LogP contribution is 2.13. The molecule has 106 valence electrons. The molecule has 0 fully saturated rings. The van der Waals surface area contributed by atoms with Crippen molar-refractivity contribution in [3.05, 3.63) is 29.8 Å². The smallest absolute Gasteiger partial charge is 0.344 e. The Kier molecular flexibility index (Phi) is 7.79. The zero-order valence-electron chi connectivity index (χ0n) is 10.9. The van der Waals surface area contributed by atoms with Crippen molar-refractivity contribution < 1.29 is 19.1 Å². The zero-order chi connectivity index (χ0) is 13.5. The SMILES string of the molecule is CCOC(=O)COc1ccc(C(=O)C(C)N)cc1.Cl. The van der Waals surface area contributed by atoms with Crippen LogP contribution in [0.3, 0.4) is 0 Å². The molecule has 0 saturated carbocycles. The van der Waals surface area contributed by atoms with Crippen molar-refractivity contribution in [2.45, 2.75) is 19.9 Å². The summed E-state index contributed by atoms with van der Waals surface area (Å²) in [5.74, 6) is -0.0514. The summed E-state index contributed by atoms with van der Waals surface area (Å²) >= 11 is 0. The molecule has 1 rings (SSSR count). The molecule has 1 aromatic rings. The van der Waals surface area contributed by atoms with Gasteiger partial charge in [0.2, 0.25) is 0 Å². The quantitative estimate of drug-likeness (QED) is 0.635. The van der Waals surface area contributed by atoms with Gasteiger partial charge in [-0.15, -0.1) is 12.4 Å². The molecule has 0 heterocycles. The lowest BCUT2D eigenvalue weighted by Gasteiger charge is -2.07. The lowest BCUT2D eigenvalue weighted by atomic mass is 10.1. The predicted molar refractivity (Wildman–Crippen MR) is 73.8 cm³/mol. The van der Waals surface area contributed by atoms with Gasteiger partial charge in [0.05, 0.1) is 12.6 Å². The van der Waals surface area contributed by atoms with Crippen LogP contribution in [0.5, 0.6) is 5.75 Å². The number of Topliss-reactive ketones (excluding diaryl/α,β-unsaturated/α-hetero) is 1. The molecule has 0 amide bonds. The molecular formula is C13H18ClNO4. The van der Waals surface area contributed by atoms with E-state index >= 15 is 0 Å². The fourth-order valence-corrected chi connectivity index (χ4v) is 1.32. The molecule has 0 aromatic heterocycles. The molecule has 1 aromatic carbocycles. The van der Waals surface area contributed by atoms with E-state index in [0.29, 0.717) is 17.9 Å². The van der Waals surface area contributed by atoms with Crippen molar-refractivity contribution in [2.75, 3.05) is 13.2 Å². The standard InChI is InChI=1S/C13H17NO4.ClH/c1-3-17-12(15)8-18-11-6-4-10(5-7-11)13(16)9(2)14;/h4-7,9H,3,8,14H2,1-2H3;1H. The van der Waals surface area contributed by atoms with Crippen molar-refractivity contribution in [3.63, 3.8) is 0 Å². The Balaban J connectivity index is 0.00000324. The highest BCUT2D eigenvalue weighted by Gasteiger charge is 2.10. The molecule has 5 nitrogen and oxygen atoms in total. The minimum atomic E-state index is -0.531. The van der Waals surface area contributed by atoms with Crippen molar-refractivity contribution in [1.29, 1.82) is 0 Å².